The fraction of sp³-hybridized carbons (Fsp3) is 0.900. The fourth-order valence-electron chi connectivity index (χ4n) is 1.49. The maximum absolute atomic E-state index is 11.3. The molecule has 0 aromatic rings. The van der Waals surface area contributed by atoms with Crippen molar-refractivity contribution in [2.45, 2.75) is 27.7 Å². The summed E-state index contributed by atoms with van der Waals surface area (Å²) in [4.78, 5) is 11.3. The van der Waals surface area contributed by atoms with Gasteiger partial charge in [-0.15, -0.1) is 0 Å². The van der Waals surface area contributed by atoms with Crippen molar-refractivity contribution in [1.29, 1.82) is 0 Å². The second-order valence-corrected chi connectivity index (χ2v) is 8.15. The van der Waals surface area contributed by atoms with Gasteiger partial charge in [0, 0.05) is 7.26 Å². The number of carbonyl (C=O) groups is 1. The van der Waals surface area contributed by atoms with Gasteiger partial charge in [-0.05, 0) is 27.7 Å². The van der Waals surface area contributed by atoms with E-state index in [1.807, 2.05) is 6.92 Å². The molecule has 0 amide bonds. The van der Waals surface area contributed by atoms with Gasteiger partial charge in [-0.3, -0.25) is 0 Å². The lowest BCUT2D eigenvalue weighted by molar-refractivity contribution is -0.140. The first kappa shape index (κ1) is 16.8. The van der Waals surface area contributed by atoms with Crippen LogP contribution in [0.2, 0.25) is 0 Å². The van der Waals surface area contributed by atoms with Crippen molar-refractivity contribution in [2.75, 3.05) is 31.3 Å². The molecule has 2 nitrogen and oxygen atoms in total. The summed E-state index contributed by atoms with van der Waals surface area (Å²) in [6.07, 6.45) is 4.18. The third-order valence-electron chi connectivity index (χ3n) is 2.78. The molecule has 0 saturated carbocycles. The molecular formula is C10H22BrO2P. The Balaban J connectivity index is 0. The zero-order valence-corrected chi connectivity index (χ0v) is 12.2. The van der Waals surface area contributed by atoms with E-state index in [9.17, 15) is 4.79 Å². The van der Waals surface area contributed by atoms with Crippen LogP contribution in [0.3, 0.4) is 0 Å². The summed E-state index contributed by atoms with van der Waals surface area (Å²) in [5.74, 6) is 0.00128. The van der Waals surface area contributed by atoms with Gasteiger partial charge < -0.3 is 21.7 Å². The Labute approximate surface area is 98.9 Å². The van der Waals surface area contributed by atoms with Gasteiger partial charge in [0.05, 0.1) is 25.1 Å². The Kier molecular flexibility index (Phi) is 10.4. The highest BCUT2D eigenvalue weighted by Crippen LogP contribution is 2.57. The number of carbonyl (C=O) groups excluding carboxylic acids is 1. The SMILES string of the molecule is CCOC(=O)C[P+](CC)(CC)CC.[Br-]. The third-order valence-corrected chi connectivity index (χ3v) is 7.74. The first-order valence-electron chi connectivity index (χ1n) is 5.14. The summed E-state index contributed by atoms with van der Waals surface area (Å²) in [6.45, 7) is 8.96. The second kappa shape index (κ2) is 8.67. The molecule has 0 fully saturated rings. The number of esters is 1. The van der Waals surface area contributed by atoms with Crippen molar-refractivity contribution in [1.82, 2.24) is 0 Å². The van der Waals surface area contributed by atoms with Crippen LogP contribution in [0.15, 0.2) is 0 Å². The van der Waals surface area contributed by atoms with Gasteiger partial charge in [-0.25, -0.2) is 4.79 Å². The molecule has 4 heteroatoms. The average Bonchev–Trinajstić information content (AvgIpc) is 2.15. The van der Waals surface area contributed by atoms with E-state index in [4.69, 9.17) is 4.74 Å². The summed E-state index contributed by atoms with van der Waals surface area (Å²) in [5.41, 5.74) is 0. The standard InChI is InChI=1S/C10H22O2P.BrH/c1-5-12-10(11)9-13(6-2,7-3)8-4;/h5-9H2,1-4H3;1H/q+1;/p-1. The lowest BCUT2D eigenvalue weighted by Crippen LogP contribution is -3.00. The van der Waals surface area contributed by atoms with E-state index in [1.54, 1.807) is 0 Å². The summed E-state index contributed by atoms with van der Waals surface area (Å²) >= 11 is 0. The molecule has 0 rings (SSSR count). The number of hydrogen-bond acceptors (Lipinski definition) is 2. The topological polar surface area (TPSA) is 26.3 Å². The highest BCUT2D eigenvalue weighted by Gasteiger charge is 2.34. The second-order valence-electron chi connectivity index (χ2n) is 3.25. The average molecular weight is 285 g/mol. The lowest BCUT2D eigenvalue weighted by Gasteiger charge is -2.22. The van der Waals surface area contributed by atoms with Crippen molar-refractivity contribution in [3.63, 3.8) is 0 Å². The minimum absolute atomic E-state index is 0. The van der Waals surface area contributed by atoms with Crippen molar-refractivity contribution >= 4 is 13.2 Å². The molecule has 0 bridgehead atoms. The van der Waals surface area contributed by atoms with Gasteiger partial charge >= 0.3 is 5.97 Å². The van der Waals surface area contributed by atoms with Crippen molar-refractivity contribution < 1.29 is 26.5 Å². The van der Waals surface area contributed by atoms with Gasteiger partial charge in [-0.2, -0.15) is 0 Å². The molecule has 0 aliphatic carbocycles. The molecule has 0 aliphatic heterocycles. The molecule has 0 unspecified atom stereocenters. The van der Waals surface area contributed by atoms with Gasteiger partial charge in [0.2, 0.25) is 0 Å². The Hall–Kier alpha value is 0.380. The molecule has 0 aromatic heterocycles. The third kappa shape index (κ3) is 5.31. The fourth-order valence-corrected chi connectivity index (χ4v) is 4.14. The Morgan fingerprint density at radius 3 is 1.79 bits per heavy atom. The number of halogens is 1. The van der Waals surface area contributed by atoms with Gasteiger partial charge in [-0.1, -0.05) is 0 Å². The Morgan fingerprint density at radius 1 is 1.07 bits per heavy atom. The summed E-state index contributed by atoms with van der Waals surface area (Å²) in [7, 11) is -0.999. The van der Waals surface area contributed by atoms with Gasteiger partial charge in [0.15, 0.2) is 6.16 Å². The zero-order chi connectivity index (χ0) is 10.3. The molecule has 0 saturated heterocycles. The van der Waals surface area contributed by atoms with Crippen LogP contribution in [0.5, 0.6) is 0 Å². The summed E-state index contributed by atoms with van der Waals surface area (Å²) < 4.78 is 4.99. The molecule has 0 aliphatic rings. The molecule has 86 valence electrons. The molecular weight excluding hydrogens is 263 g/mol. The molecule has 0 atom stereocenters. The predicted octanol–water partition coefficient (Wildman–Crippen LogP) is -0.369. The van der Waals surface area contributed by atoms with E-state index in [-0.39, 0.29) is 23.0 Å². The van der Waals surface area contributed by atoms with E-state index >= 15 is 0 Å². The van der Waals surface area contributed by atoms with Crippen LogP contribution in [0.1, 0.15) is 27.7 Å². The zero-order valence-electron chi connectivity index (χ0n) is 9.68. The summed E-state index contributed by atoms with van der Waals surface area (Å²) in [5, 5.41) is 0. The summed E-state index contributed by atoms with van der Waals surface area (Å²) in [6, 6.07) is 0. The quantitative estimate of drug-likeness (QED) is 0.492. The highest BCUT2D eigenvalue weighted by molar-refractivity contribution is 7.76. The minimum atomic E-state index is -0.999. The van der Waals surface area contributed by atoms with Crippen LogP contribution in [-0.4, -0.2) is 37.2 Å². The molecule has 14 heavy (non-hydrogen) atoms. The van der Waals surface area contributed by atoms with Crippen molar-refractivity contribution in [2.24, 2.45) is 0 Å². The first-order valence-corrected chi connectivity index (χ1v) is 7.67. The maximum Gasteiger partial charge on any atom is 0.343 e. The lowest BCUT2D eigenvalue weighted by atomic mass is 10.8. The molecule has 0 aromatic carbocycles. The predicted molar refractivity (Wildman–Crippen MR) is 60.0 cm³/mol. The number of hydrogen-bond donors (Lipinski definition) is 0. The van der Waals surface area contributed by atoms with Crippen LogP contribution in [0.25, 0.3) is 0 Å². The minimum Gasteiger partial charge on any atom is -1.00 e. The molecule has 0 heterocycles. The van der Waals surface area contributed by atoms with Crippen molar-refractivity contribution in [3.05, 3.63) is 0 Å². The first-order chi connectivity index (χ1) is 6.14. The van der Waals surface area contributed by atoms with Crippen LogP contribution in [0, 0.1) is 0 Å². The molecule has 0 spiro atoms. The van der Waals surface area contributed by atoms with Crippen LogP contribution >= 0.6 is 7.26 Å². The van der Waals surface area contributed by atoms with E-state index in [0.717, 1.165) is 0 Å². The van der Waals surface area contributed by atoms with Crippen molar-refractivity contribution in [3.8, 4) is 0 Å². The van der Waals surface area contributed by atoms with E-state index in [2.05, 4.69) is 20.8 Å². The smallest absolute Gasteiger partial charge is 0.343 e. The number of rotatable bonds is 6. The number of ether oxygens (including phenoxy) is 1. The monoisotopic (exact) mass is 284 g/mol. The Bertz CT molecular complexity index is 150. The van der Waals surface area contributed by atoms with E-state index < -0.39 is 7.26 Å². The van der Waals surface area contributed by atoms with Gasteiger partial charge in [0.1, 0.15) is 0 Å². The molecule has 0 N–H and O–H groups in total. The van der Waals surface area contributed by atoms with Crippen LogP contribution in [0.4, 0.5) is 0 Å². The van der Waals surface area contributed by atoms with Crippen LogP contribution in [-0.2, 0) is 9.53 Å². The maximum atomic E-state index is 11.3. The largest absolute Gasteiger partial charge is 1.00 e. The Morgan fingerprint density at radius 2 is 1.50 bits per heavy atom. The van der Waals surface area contributed by atoms with E-state index in [0.29, 0.717) is 12.8 Å². The van der Waals surface area contributed by atoms with E-state index in [1.165, 1.54) is 18.5 Å². The molecule has 0 radical (unpaired) electrons. The van der Waals surface area contributed by atoms with Gasteiger partial charge in [0.25, 0.3) is 0 Å². The highest BCUT2D eigenvalue weighted by atomic mass is 79.9. The normalized spacial score (nSPS) is 10.6. The van der Waals surface area contributed by atoms with Crippen LogP contribution < -0.4 is 17.0 Å².